The molecule has 0 fully saturated rings. The molecule has 1 aromatic heterocycles. The lowest BCUT2D eigenvalue weighted by atomic mass is 9.97. The maximum Gasteiger partial charge on any atom is 0.318 e. The fraction of sp³-hybridized carbons (Fsp3) is 0.100. The summed E-state index contributed by atoms with van der Waals surface area (Å²) in [5.41, 5.74) is 2.46. The first kappa shape index (κ1) is 25.2. The Bertz CT molecular complexity index is 1530. The van der Waals surface area contributed by atoms with Crippen LogP contribution in [0.2, 0.25) is 0 Å². The second-order valence-electron chi connectivity index (χ2n) is 8.68. The number of esters is 1. The number of ether oxygens (including phenoxy) is 1. The molecule has 0 radical (unpaired) electrons. The van der Waals surface area contributed by atoms with Crippen molar-refractivity contribution >= 4 is 35.4 Å². The fourth-order valence-corrected chi connectivity index (χ4v) is 5.09. The molecule has 0 bridgehead atoms. The van der Waals surface area contributed by atoms with Gasteiger partial charge in [-0.3, -0.25) is 9.59 Å². The molecule has 1 unspecified atom stereocenters. The number of hydrogen-bond donors (Lipinski definition) is 1. The van der Waals surface area contributed by atoms with E-state index in [2.05, 4.69) is 10.3 Å². The highest BCUT2D eigenvalue weighted by molar-refractivity contribution is 7.97. The van der Waals surface area contributed by atoms with Gasteiger partial charge in [0.2, 0.25) is 0 Å². The minimum Gasteiger partial charge on any atom is -0.423 e. The van der Waals surface area contributed by atoms with E-state index in [1.165, 1.54) is 18.0 Å². The Balaban J connectivity index is 1.46. The van der Waals surface area contributed by atoms with E-state index in [9.17, 15) is 9.59 Å². The summed E-state index contributed by atoms with van der Waals surface area (Å²) < 4.78 is 22.6. The van der Waals surface area contributed by atoms with Gasteiger partial charge < -0.3 is 14.4 Å². The van der Waals surface area contributed by atoms with Crippen molar-refractivity contribution in [3.63, 3.8) is 0 Å². The normalized spacial score (nSPS) is 13.5. The van der Waals surface area contributed by atoms with Crippen LogP contribution in [0.5, 0.6) is 0 Å². The van der Waals surface area contributed by atoms with Crippen LogP contribution in [0.3, 0.4) is 0 Å². The van der Waals surface area contributed by atoms with Gasteiger partial charge in [-0.15, -0.1) is 0 Å². The van der Waals surface area contributed by atoms with E-state index in [1.54, 1.807) is 60.9 Å². The Kier molecular flexibility index (Phi) is 7.24. The number of hydrogen-bond acceptors (Lipinski definition) is 6. The second-order valence-corrected chi connectivity index (χ2v) is 9.85. The Morgan fingerprint density at radius 2 is 1.68 bits per heavy atom. The molecule has 38 heavy (non-hydrogen) atoms. The standard InChI is InChI=1S/C30H24FN3O3S/c1-19(21-15-16-22(24(31)18-21)20-10-4-3-5-11-20)30(36)37-28-23-12-6-7-13-25(23)38-34(2)27(28)29(35)33-26-14-8-9-17-32-26/h3-19H,1-2H3,(H,32,33,35). The van der Waals surface area contributed by atoms with Crippen LogP contribution in [0.4, 0.5) is 10.2 Å². The van der Waals surface area contributed by atoms with Crippen LogP contribution < -0.4 is 5.32 Å². The predicted molar refractivity (Wildman–Crippen MR) is 146 cm³/mol. The van der Waals surface area contributed by atoms with Crippen molar-refractivity contribution in [3.05, 3.63) is 120 Å². The van der Waals surface area contributed by atoms with Gasteiger partial charge in [-0.05, 0) is 60.3 Å². The summed E-state index contributed by atoms with van der Waals surface area (Å²) in [6, 6.07) is 26.5. The van der Waals surface area contributed by atoms with Crippen molar-refractivity contribution in [1.29, 1.82) is 0 Å². The van der Waals surface area contributed by atoms with E-state index in [1.807, 2.05) is 48.5 Å². The smallest absolute Gasteiger partial charge is 0.318 e. The Morgan fingerprint density at radius 3 is 2.42 bits per heavy atom. The van der Waals surface area contributed by atoms with E-state index in [0.29, 0.717) is 22.5 Å². The van der Waals surface area contributed by atoms with Crippen molar-refractivity contribution in [1.82, 2.24) is 9.29 Å². The third-order valence-electron chi connectivity index (χ3n) is 6.15. The average molecular weight is 526 g/mol. The summed E-state index contributed by atoms with van der Waals surface area (Å²) >= 11 is 1.35. The summed E-state index contributed by atoms with van der Waals surface area (Å²) in [5.74, 6) is -1.79. The van der Waals surface area contributed by atoms with Crippen LogP contribution in [0.25, 0.3) is 16.9 Å². The Morgan fingerprint density at radius 1 is 0.947 bits per heavy atom. The molecule has 3 aromatic carbocycles. The minimum atomic E-state index is -0.783. The fourth-order valence-electron chi connectivity index (χ4n) is 4.14. The number of amides is 1. The number of carbonyl (C=O) groups is 2. The van der Waals surface area contributed by atoms with Gasteiger partial charge in [0.25, 0.3) is 5.91 Å². The predicted octanol–water partition coefficient (Wildman–Crippen LogP) is 6.49. The number of nitrogens with one attached hydrogen (secondary N) is 1. The second kappa shape index (κ2) is 10.9. The van der Waals surface area contributed by atoms with Crippen LogP contribution in [0.1, 0.15) is 24.0 Å². The van der Waals surface area contributed by atoms with Gasteiger partial charge in [-0.2, -0.15) is 0 Å². The van der Waals surface area contributed by atoms with E-state index in [0.717, 1.165) is 10.5 Å². The van der Waals surface area contributed by atoms with E-state index < -0.39 is 23.6 Å². The van der Waals surface area contributed by atoms with E-state index in [4.69, 9.17) is 4.74 Å². The van der Waals surface area contributed by atoms with Crippen LogP contribution in [-0.4, -0.2) is 28.2 Å². The maximum atomic E-state index is 15.0. The third kappa shape index (κ3) is 5.17. The van der Waals surface area contributed by atoms with Crippen LogP contribution in [-0.2, 0) is 14.3 Å². The molecule has 4 aromatic rings. The number of halogens is 1. The molecule has 8 heteroatoms. The molecule has 1 atom stereocenters. The van der Waals surface area contributed by atoms with Crippen molar-refractivity contribution in [3.8, 4) is 11.1 Å². The highest BCUT2D eigenvalue weighted by Crippen LogP contribution is 2.41. The van der Waals surface area contributed by atoms with Crippen molar-refractivity contribution in [2.24, 2.45) is 0 Å². The summed E-state index contributed by atoms with van der Waals surface area (Å²) in [6.45, 7) is 1.65. The molecule has 6 nitrogen and oxygen atoms in total. The first-order valence-corrected chi connectivity index (χ1v) is 12.7. The lowest BCUT2D eigenvalue weighted by Crippen LogP contribution is -2.29. The van der Waals surface area contributed by atoms with Gasteiger partial charge in [0.05, 0.1) is 5.92 Å². The van der Waals surface area contributed by atoms with Gasteiger partial charge >= 0.3 is 5.97 Å². The zero-order chi connectivity index (χ0) is 26.6. The van der Waals surface area contributed by atoms with Crippen molar-refractivity contribution in [2.75, 3.05) is 12.4 Å². The molecule has 1 amide bonds. The van der Waals surface area contributed by atoms with Crippen molar-refractivity contribution < 1.29 is 18.7 Å². The SMILES string of the molecule is CC(C(=O)OC1=C(C(=O)Nc2ccccn2)N(C)Sc2ccccc21)c1ccc(-c2ccccc2)c(F)c1. The van der Waals surface area contributed by atoms with Crippen LogP contribution >= 0.6 is 11.9 Å². The molecule has 1 aliphatic heterocycles. The maximum absolute atomic E-state index is 15.0. The number of rotatable bonds is 6. The number of benzene rings is 3. The van der Waals surface area contributed by atoms with Gasteiger partial charge in [0.15, 0.2) is 11.5 Å². The minimum absolute atomic E-state index is 0.133. The zero-order valence-electron chi connectivity index (χ0n) is 20.7. The number of likely N-dealkylation sites (N-methyl/N-ethyl adjacent to an activating group) is 1. The number of fused-ring (bicyclic) bond motifs is 1. The number of anilines is 1. The monoisotopic (exact) mass is 525 g/mol. The van der Waals surface area contributed by atoms with Gasteiger partial charge in [0, 0.05) is 29.3 Å². The molecule has 0 saturated heterocycles. The Labute approximate surface area is 224 Å². The average Bonchev–Trinajstić information content (AvgIpc) is 2.93. The lowest BCUT2D eigenvalue weighted by molar-refractivity contribution is -0.138. The quantitative estimate of drug-likeness (QED) is 0.229. The Hall–Kier alpha value is -4.43. The van der Waals surface area contributed by atoms with Crippen LogP contribution in [0, 0.1) is 5.82 Å². The highest BCUT2D eigenvalue weighted by Gasteiger charge is 2.33. The molecule has 2 heterocycles. The number of aromatic nitrogens is 1. The first-order valence-electron chi connectivity index (χ1n) is 12.0. The lowest BCUT2D eigenvalue weighted by Gasteiger charge is -2.29. The summed E-state index contributed by atoms with van der Waals surface area (Å²) in [7, 11) is 1.73. The van der Waals surface area contributed by atoms with E-state index in [-0.39, 0.29) is 11.5 Å². The molecular formula is C30H24FN3O3S. The molecule has 0 spiro atoms. The first-order chi connectivity index (χ1) is 18.4. The molecule has 190 valence electrons. The van der Waals surface area contributed by atoms with Gasteiger partial charge in [-0.1, -0.05) is 60.7 Å². The van der Waals surface area contributed by atoms with Crippen molar-refractivity contribution in [2.45, 2.75) is 17.7 Å². The van der Waals surface area contributed by atoms with Gasteiger partial charge in [-0.25, -0.2) is 9.37 Å². The largest absolute Gasteiger partial charge is 0.423 e. The van der Waals surface area contributed by atoms with Gasteiger partial charge in [0.1, 0.15) is 11.6 Å². The topological polar surface area (TPSA) is 71.5 Å². The number of nitrogens with zero attached hydrogens (tertiary/aromatic N) is 2. The molecule has 0 aliphatic carbocycles. The number of pyridine rings is 1. The molecular weight excluding hydrogens is 501 g/mol. The molecule has 1 aliphatic rings. The summed E-state index contributed by atoms with van der Waals surface area (Å²) in [6.07, 6.45) is 1.57. The highest BCUT2D eigenvalue weighted by atomic mass is 32.2. The zero-order valence-corrected chi connectivity index (χ0v) is 21.5. The third-order valence-corrected chi connectivity index (χ3v) is 7.16. The number of carbonyl (C=O) groups excluding carboxylic acids is 2. The summed E-state index contributed by atoms with van der Waals surface area (Å²) in [4.78, 5) is 31.7. The molecule has 0 saturated carbocycles. The summed E-state index contributed by atoms with van der Waals surface area (Å²) in [5, 5.41) is 2.76. The molecule has 1 N–H and O–H groups in total. The molecule has 5 rings (SSSR count). The van der Waals surface area contributed by atoms with Crippen LogP contribution in [0.15, 0.2) is 108 Å². The van der Waals surface area contributed by atoms with E-state index >= 15 is 4.39 Å².